The summed E-state index contributed by atoms with van der Waals surface area (Å²) in [5.41, 5.74) is -1.41. The van der Waals surface area contributed by atoms with E-state index in [0.717, 1.165) is 0 Å². The number of alkyl halides is 4. The number of hydrogen-bond acceptors (Lipinski definition) is 2. The first kappa shape index (κ1) is 11.7. The number of aromatic nitrogens is 2. The van der Waals surface area contributed by atoms with Gasteiger partial charge in [-0.15, -0.1) is 0 Å². The maximum absolute atomic E-state index is 12.3. The Morgan fingerprint density at radius 3 is 2.40 bits per heavy atom. The molecule has 0 radical (unpaired) electrons. The third-order valence-corrected chi connectivity index (χ3v) is 1.65. The van der Waals surface area contributed by atoms with E-state index in [4.69, 9.17) is 0 Å². The minimum atomic E-state index is -2.93. The second kappa shape index (κ2) is 4.41. The van der Waals surface area contributed by atoms with Crippen molar-refractivity contribution >= 4 is 5.78 Å². The molecule has 0 saturated heterocycles. The third-order valence-electron chi connectivity index (χ3n) is 1.65. The van der Waals surface area contributed by atoms with Crippen molar-refractivity contribution in [1.29, 1.82) is 0 Å². The van der Waals surface area contributed by atoms with E-state index in [0.29, 0.717) is 10.7 Å². The van der Waals surface area contributed by atoms with Crippen LogP contribution in [0.2, 0.25) is 0 Å². The Morgan fingerprint density at radius 2 is 2.00 bits per heavy atom. The summed E-state index contributed by atoms with van der Waals surface area (Å²) in [4.78, 5) is 10.7. The average Bonchev–Trinajstić information content (AvgIpc) is 2.46. The summed E-state index contributed by atoms with van der Waals surface area (Å²) in [7, 11) is 0. The molecule has 1 heterocycles. The highest BCUT2D eigenvalue weighted by Crippen LogP contribution is 2.24. The van der Waals surface area contributed by atoms with E-state index in [2.05, 4.69) is 5.10 Å². The van der Waals surface area contributed by atoms with Crippen LogP contribution in [-0.4, -0.2) is 15.6 Å². The number of ketones is 1. The summed E-state index contributed by atoms with van der Waals surface area (Å²) in [5, 5.41) is 3.24. The predicted octanol–water partition coefficient (Wildman–Crippen LogP) is 2.35. The molecule has 0 bridgehead atoms. The maximum atomic E-state index is 12.3. The Kier molecular flexibility index (Phi) is 3.43. The minimum absolute atomic E-state index is 0.424. The fraction of sp³-hybridized carbons (Fsp3) is 0.500. The summed E-state index contributed by atoms with van der Waals surface area (Å²) >= 11 is 0. The van der Waals surface area contributed by atoms with Crippen LogP contribution in [0.5, 0.6) is 0 Å². The molecule has 1 aromatic heterocycles. The molecule has 0 fully saturated rings. The number of carbonyl (C=O) groups is 1. The minimum Gasteiger partial charge on any atom is -0.298 e. The van der Waals surface area contributed by atoms with Gasteiger partial charge in [-0.2, -0.15) is 5.10 Å². The molecular weight excluding hydrogens is 216 g/mol. The standard InChI is InChI=1S/C8H8F4N2O/c1-4(15)3-14-6(8(11)12)2-5(13-14)7(9)10/h2,7-8H,3H2,1H3. The lowest BCUT2D eigenvalue weighted by atomic mass is 10.3. The molecule has 0 N–H and O–H groups in total. The van der Waals surface area contributed by atoms with Gasteiger partial charge in [-0.05, 0) is 13.0 Å². The van der Waals surface area contributed by atoms with Crippen LogP contribution in [0.15, 0.2) is 6.07 Å². The zero-order valence-electron chi connectivity index (χ0n) is 7.75. The molecule has 0 saturated carbocycles. The molecule has 84 valence electrons. The van der Waals surface area contributed by atoms with Crippen molar-refractivity contribution in [3.05, 3.63) is 17.5 Å². The number of halogens is 4. The van der Waals surface area contributed by atoms with E-state index in [1.54, 1.807) is 0 Å². The zero-order chi connectivity index (χ0) is 11.6. The molecule has 3 nitrogen and oxygen atoms in total. The number of nitrogens with zero attached hydrogens (tertiary/aromatic N) is 2. The maximum Gasteiger partial charge on any atom is 0.282 e. The molecule has 0 unspecified atom stereocenters. The Balaban J connectivity index is 3.05. The molecule has 0 aromatic carbocycles. The Labute approximate surface area is 82.7 Å². The molecule has 0 amide bonds. The van der Waals surface area contributed by atoms with Crippen LogP contribution in [0.4, 0.5) is 17.6 Å². The fourth-order valence-corrected chi connectivity index (χ4v) is 1.07. The third kappa shape index (κ3) is 2.77. The lowest BCUT2D eigenvalue weighted by molar-refractivity contribution is -0.117. The smallest absolute Gasteiger partial charge is 0.282 e. The lowest BCUT2D eigenvalue weighted by Crippen LogP contribution is -2.11. The van der Waals surface area contributed by atoms with Gasteiger partial charge in [0.05, 0.1) is 6.54 Å². The van der Waals surface area contributed by atoms with Gasteiger partial charge in [0.25, 0.3) is 12.9 Å². The van der Waals surface area contributed by atoms with Gasteiger partial charge >= 0.3 is 0 Å². The molecule has 0 aliphatic heterocycles. The average molecular weight is 224 g/mol. The van der Waals surface area contributed by atoms with Gasteiger partial charge in [-0.3, -0.25) is 9.48 Å². The molecule has 0 spiro atoms. The number of carbonyl (C=O) groups excluding carboxylic acids is 1. The Bertz CT molecular complexity index is 362. The summed E-state index contributed by atoms with van der Waals surface area (Å²) in [6.45, 7) is 0.741. The van der Waals surface area contributed by atoms with Gasteiger partial charge in [-0.1, -0.05) is 0 Å². The number of hydrogen-bond donors (Lipinski definition) is 0. The lowest BCUT2D eigenvalue weighted by Gasteiger charge is -2.02. The van der Waals surface area contributed by atoms with Gasteiger partial charge in [0.15, 0.2) is 5.78 Å². The van der Waals surface area contributed by atoms with Crippen molar-refractivity contribution in [3.8, 4) is 0 Å². The normalized spacial score (nSPS) is 11.4. The highest BCUT2D eigenvalue weighted by Gasteiger charge is 2.21. The van der Waals surface area contributed by atoms with Crippen LogP contribution in [0.25, 0.3) is 0 Å². The zero-order valence-corrected chi connectivity index (χ0v) is 7.75. The molecule has 0 atom stereocenters. The fourth-order valence-electron chi connectivity index (χ4n) is 1.07. The van der Waals surface area contributed by atoms with Crippen LogP contribution in [0, 0.1) is 0 Å². The van der Waals surface area contributed by atoms with Crippen molar-refractivity contribution in [2.24, 2.45) is 0 Å². The molecule has 0 aliphatic carbocycles. The van der Waals surface area contributed by atoms with Gasteiger partial charge in [-0.25, -0.2) is 17.6 Å². The quantitative estimate of drug-likeness (QED) is 0.736. The van der Waals surface area contributed by atoms with Crippen molar-refractivity contribution in [2.45, 2.75) is 26.3 Å². The van der Waals surface area contributed by atoms with Gasteiger partial charge in [0.1, 0.15) is 11.4 Å². The molecule has 7 heteroatoms. The van der Waals surface area contributed by atoms with E-state index in [9.17, 15) is 22.4 Å². The van der Waals surface area contributed by atoms with Crippen LogP contribution in [-0.2, 0) is 11.3 Å². The second-order valence-electron chi connectivity index (χ2n) is 2.96. The highest BCUT2D eigenvalue weighted by atomic mass is 19.3. The number of rotatable bonds is 4. The predicted molar refractivity (Wildman–Crippen MR) is 42.8 cm³/mol. The second-order valence-corrected chi connectivity index (χ2v) is 2.96. The molecular formula is C8H8F4N2O. The molecule has 0 aliphatic rings. The van der Waals surface area contributed by atoms with Crippen LogP contribution in [0.1, 0.15) is 31.2 Å². The molecule has 15 heavy (non-hydrogen) atoms. The summed E-state index contributed by atoms with van der Waals surface area (Å²) < 4.78 is 49.6. The van der Waals surface area contributed by atoms with Gasteiger partial charge in [0.2, 0.25) is 0 Å². The summed E-state index contributed by atoms with van der Waals surface area (Å²) in [5.74, 6) is -0.430. The van der Waals surface area contributed by atoms with E-state index >= 15 is 0 Å². The van der Waals surface area contributed by atoms with Crippen molar-refractivity contribution in [2.75, 3.05) is 0 Å². The summed E-state index contributed by atoms with van der Waals surface area (Å²) in [6, 6.07) is 0.609. The van der Waals surface area contributed by atoms with Crippen molar-refractivity contribution in [1.82, 2.24) is 9.78 Å². The van der Waals surface area contributed by atoms with E-state index in [1.807, 2.05) is 0 Å². The van der Waals surface area contributed by atoms with Crippen molar-refractivity contribution < 1.29 is 22.4 Å². The molecule has 1 aromatic rings. The topological polar surface area (TPSA) is 34.9 Å². The summed E-state index contributed by atoms with van der Waals surface area (Å²) in [6.07, 6.45) is -5.85. The first-order chi connectivity index (χ1) is 6.91. The highest BCUT2D eigenvalue weighted by molar-refractivity contribution is 5.75. The van der Waals surface area contributed by atoms with Gasteiger partial charge < -0.3 is 0 Å². The Morgan fingerprint density at radius 1 is 1.40 bits per heavy atom. The van der Waals surface area contributed by atoms with Crippen LogP contribution < -0.4 is 0 Å². The van der Waals surface area contributed by atoms with Crippen LogP contribution in [0.3, 0.4) is 0 Å². The first-order valence-electron chi connectivity index (χ1n) is 4.05. The van der Waals surface area contributed by atoms with E-state index < -0.39 is 36.6 Å². The Hall–Kier alpha value is -1.40. The molecule has 1 rings (SSSR count). The SMILES string of the molecule is CC(=O)Cn1nc(C(F)F)cc1C(F)F. The monoisotopic (exact) mass is 224 g/mol. The van der Waals surface area contributed by atoms with Crippen LogP contribution >= 0.6 is 0 Å². The van der Waals surface area contributed by atoms with Gasteiger partial charge in [0, 0.05) is 0 Å². The number of Topliss-reactive ketones (excluding diaryl/α,β-unsaturated/α-hetero) is 1. The van der Waals surface area contributed by atoms with E-state index in [1.165, 1.54) is 6.92 Å². The van der Waals surface area contributed by atoms with E-state index in [-0.39, 0.29) is 0 Å². The first-order valence-corrected chi connectivity index (χ1v) is 4.05. The largest absolute Gasteiger partial charge is 0.298 e. The van der Waals surface area contributed by atoms with Crippen molar-refractivity contribution in [3.63, 3.8) is 0 Å².